The number of aromatic nitrogens is 2. The monoisotopic (exact) mass is 332 g/mol. The van der Waals surface area contributed by atoms with Gasteiger partial charge in [0.1, 0.15) is 4.83 Å². The molecule has 5 nitrogen and oxygen atoms in total. The second kappa shape index (κ2) is 6.02. The molecule has 22 heavy (non-hydrogen) atoms. The van der Waals surface area contributed by atoms with Gasteiger partial charge < -0.3 is 9.80 Å². The molecule has 0 spiro atoms. The van der Waals surface area contributed by atoms with Crippen LogP contribution in [0, 0.1) is 0 Å². The predicted octanol–water partition coefficient (Wildman–Crippen LogP) is 3.09. The Morgan fingerprint density at radius 1 is 1.23 bits per heavy atom. The highest BCUT2D eigenvalue weighted by Gasteiger charge is 2.18. The summed E-state index contributed by atoms with van der Waals surface area (Å²) in [5, 5.41) is 0.960. The molecule has 0 atom stereocenters. The molecule has 1 amide bonds. The first-order chi connectivity index (χ1) is 10.5. The first-order valence-electron chi connectivity index (χ1n) is 6.77. The van der Waals surface area contributed by atoms with Crippen molar-refractivity contribution in [2.75, 3.05) is 26.0 Å². The number of thiophene rings is 1. The van der Waals surface area contributed by atoms with Gasteiger partial charge in [-0.05, 0) is 18.2 Å². The Kier molecular flexibility index (Phi) is 4.08. The Morgan fingerprint density at radius 3 is 2.68 bits per heavy atom. The van der Waals surface area contributed by atoms with Gasteiger partial charge in [0.05, 0.1) is 21.8 Å². The lowest BCUT2D eigenvalue weighted by atomic mass is 10.3. The number of rotatable bonds is 4. The molecule has 3 rings (SSSR count). The molecule has 0 aliphatic rings. The molecule has 7 heteroatoms. The fourth-order valence-electron chi connectivity index (χ4n) is 2.02. The van der Waals surface area contributed by atoms with E-state index in [0.29, 0.717) is 6.54 Å². The van der Waals surface area contributed by atoms with E-state index in [0.717, 1.165) is 25.2 Å². The largest absolute Gasteiger partial charge is 0.354 e. The van der Waals surface area contributed by atoms with E-state index in [1.54, 1.807) is 29.5 Å². The molecule has 114 valence electrons. The van der Waals surface area contributed by atoms with Gasteiger partial charge in [0.2, 0.25) is 0 Å². The number of carbonyl (C=O) groups excluding carboxylic acids is 1. The number of nitrogens with zero attached hydrogens (tertiary/aromatic N) is 4. The molecule has 0 aromatic carbocycles. The molecule has 3 aromatic heterocycles. The van der Waals surface area contributed by atoms with Crippen LogP contribution in [0.1, 0.15) is 15.4 Å². The van der Waals surface area contributed by atoms with Crippen LogP contribution in [0.4, 0.5) is 5.13 Å². The topological polar surface area (TPSA) is 49.3 Å². The summed E-state index contributed by atoms with van der Waals surface area (Å²) in [5.74, 6) is 0.00672. The van der Waals surface area contributed by atoms with Crippen molar-refractivity contribution in [3.8, 4) is 0 Å². The molecule has 3 aromatic rings. The average Bonchev–Trinajstić information content (AvgIpc) is 3.06. The van der Waals surface area contributed by atoms with Gasteiger partial charge in [-0.15, -0.1) is 11.3 Å². The predicted molar refractivity (Wildman–Crippen MR) is 91.9 cm³/mol. The molecule has 0 saturated heterocycles. The Hall–Kier alpha value is -1.99. The zero-order valence-electron chi connectivity index (χ0n) is 12.6. The highest BCUT2D eigenvalue weighted by atomic mass is 32.1. The fraction of sp³-hybridized carbons (Fsp3) is 0.267. The summed E-state index contributed by atoms with van der Waals surface area (Å²) in [6.07, 6.45) is 1.74. The van der Waals surface area contributed by atoms with Crippen LogP contribution in [-0.4, -0.2) is 41.9 Å². The van der Waals surface area contributed by atoms with E-state index >= 15 is 0 Å². The van der Waals surface area contributed by atoms with Crippen LogP contribution >= 0.6 is 22.7 Å². The van der Waals surface area contributed by atoms with Gasteiger partial charge in [-0.2, -0.15) is 0 Å². The van der Waals surface area contributed by atoms with Crippen LogP contribution in [0.3, 0.4) is 0 Å². The number of carbonyl (C=O) groups is 1. The second-order valence-corrected chi connectivity index (χ2v) is 7.19. The summed E-state index contributed by atoms with van der Waals surface area (Å²) < 4.78 is 1.06. The number of hydrogen-bond acceptors (Lipinski definition) is 6. The van der Waals surface area contributed by atoms with Crippen molar-refractivity contribution in [2.45, 2.75) is 6.54 Å². The maximum absolute atomic E-state index is 12.5. The number of pyridine rings is 1. The lowest BCUT2D eigenvalue weighted by Gasteiger charge is -2.15. The van der Waals surface area contributed by atoms with Crippen molar-refractivity contribution in [2.24, 2.45) is 0 Å². The van der Waals surface area contributed by atoms with Gasteiger partial charge >= 0.3 is 0 Å². The molecule has 0 saturated carbocycles. The van der Waals surface area contributed by atoms with Crippen LogP contribution < -0.4 is 4.90 Å². The summed E-state index contributed by atoms with van der Waals surface area (Å²) in [7, 11) is 5.73. The van der Waals surface area contributed by atoms with E-state index in [2.05, 4.69) is 9.97 Å². The smallest absolute Gasteiger partial charge is 0.264 e. The number of amides is 1. The third kappa shape index (κ3) is 2.95. The van der Waals surface area contributed by atoms with E-state index in [9.17, 15) is 4.79 Å². The molecule has 0 bridgehead atoms. The van der Waals surface area contributed by atoms with Crippen LogP contribution in [0.5, 0.6) is 0 Å². The maximum Gasteiger partial charge on any atom is 0.264 e. The van der Waals surface area contributed by atoms with Gasteiger partial charge in [0.25, 0.3) is 5.91 Å². The lowest BCUT2D eigenvalue weighted by Crippen LogP contribution is -2.25. The minimum atomic E-state index is 0.00672. The number of hydrogen-bond donors (Lipinski definition) is 0. The number of anilines is 1. The minimum Gasteiger partial charge on any atom is -0.354 e. The first-order valence-corrected chi connectivity index (χ1v) is 8.41. The van der Waals surface area contributed by atoms with E-state index in [1.165, 1.54) is 11.3 Å². The molecule has 0 unspecified atom stereocenters. The van der Waals surface area contributed by atoms with Crippen LogP contribution in [0.25, 0.3) is 9.53 Å². The summed E-state index contributed by atoms with van der Waals surface area (Å²) in [5.41, 5.74) is 0.879. The number of thiazole rings is 1. The minimum absolute atomic E-state index is 0.00672. The van der Waals surface area contributed by atoms with Crippen LogP contribution in [-0.2, 0) is 6.54 Å². The Bertz CT molecular complexity index is 763. The molecule has 0 aliphatic heterocycles. The normalized spacial score (nSPS) is 10.9. The first kappa shape index (κ1) is 14.9. The van der Waals surface area contributed by atoms with E-state index in [1.807, 2.05) is 43.3 Å². The molecule has 0 radical (unpaired) electrons. The van der Waals surface area contributed by atoms with E-state index in [4.69, 9.17) is 0 Å². The van der Waals surface area contributed by atoms with Gasteiger partial charge in [0, 0.05) is 27.3 Å². The summed E-state index contributed by atoms with van der Waals surface area (Å²) in [6, 6.07) is 7.64. The number of fused-ring (bicyclic) bond motifs is 1. The van der Waals surface area contributed by atoms with Crippen LogP contribution in [0.15, 0.2) is 30.5 Å². The standard InChI is InChI=1S/C15H16N4OS2/c1-18(2)15-17-13-11(22-15)8-12(21-13)14(20)19(3)9-10-6-4-5-7-16-10/h4-8H,9H2,1-3H3. The lowest BCUT2D eigenvalue weighted by molar-refractivity contribution is 0.0788. The van der Waals surface area contributed by atoms with Crippen molar-refractivity contribution in [3.63, 3.8) is 0 Å². The third-order valence-corrected chi connectivity index (χ3v) is 5.46. The third-order valence-electron chi connectivity index (χ3n) is 3.14. The molecular formula is C15H16N4OS2. The van der Waals surface area contributed by atoms with Gasteiger partial charge in [-0.1, -0.05) is 17.4 Å². The summed E-state index contributed by atoms with van der Waals surface area (Å²) in [4.78, 5) is 26.6. The van der Waals surface area contributed by atoms with Crippen LogP contribution in [0.2, 0.25) is 0 Å². The summed E-state index contributed by atoms with van der Waals surface area (Å²) in [6.45, 7) is 0.502. The zero-order chi connectivity index (χ0) is 15.7. The van der Waals surface area contributed by atoms with Gasteiger partial charge in [0.15, 0.2) is 5.13 Å². The average molecular weight is 332 g/mol. The molecule has 0 N–H and O–H groups in total. The SMILES string of the molecule is CN(Cc1ccccn1)C(=O)c1cc2sc(N(C)C)nc2s1. The second-order valence-electron chi connectivity index (χ2n) is 5.15. The van der Waals surface area contributed by atoms with E-state index in [-0.39, 0.29) is 5.91 Å². The summed E-state index contributed by atoms with van der Waals surface area (Å²) >= 11 is 3.04. The van der Waals surface area contributed by atoms with E-state index < -0.39 is 0 Å². The van der Waals surface area contributed by atoms with Crippen molar-refractivity contribution < 1.29 is 4.79 Å². The highest BCUT2D eigenvalue weighted by molar-refractivity contribution is 7.29. The van der Waals surface area contributed by atoms with Gasteiger partial charge in [-0.25, -0.2) is 4.98 Å². The van der Waals surface area contributed by atoms with Crippen molar-refractivity contribution in [3.05, 3.63) is 41.0 Å². The van der Waals surface area contributed by atoms with Crippen molar-refractivity contribution in [1.29, 1.82) is 0 Å². The Balaban J connectivity index is 1.78. The fourth-order valence-corrected chi connectivity index (χ4v) is 4.14. The van der Waals surface area contributed by atoms with Crippen molar-refractivity contribution >= 4 is 43.2 Å². The van der Waals surface area contributed by atoms with Gasteiger partial charge in [-0.3, -0.25) is 9.78 Å². The molecule has 3 heterocycles. The molecule has 0 aliphatic carbocycles. The maximum atomic E-state index is 12.5. The highest BCUT2D eigenvalue weighted by Crippen LogP contribution is 2.34. The molecule has 0 fully saturated rings. The Morgan fingerprint density at radius 2 is 2.05 bits per heavy atom. The quantitative estimate of drug-likeness (QED) is 0.737. The molecular weight excluding hydrogens is 316 g/mol. The van der Waals surface area contributed by atoms with Crippen molar-refractivity contribution in [1.82, 2.24) is 14.9 Å². The Labute approximate surface area is 136 Å². The zero-order valence-corrected chi connectivity index (χ0v) is 14.2.